The van der Waals surface area contributed by atoms with Gasteiger partial charge in [0.1, 0.15) is 5.49 Å². The zero-order valence-electron chi connectivity index (χ0n) is 15.5. The molecule has 2 aromatic carbocycles. The van der Waals surface area contributed by atoms with Gasteiger partial charge in [-0.15, -0.1) is 0 Å². The van der Waals surface area contributed by atoms with Crippen molar-refractivity contribution in [1.29, 1.82) is 0 Å². The molecule has 1 aliphatic rings. The quantitative estimate of drug-likeness (QED) is 0.664. The second kappa shape index (κ2) is 7.64. The minimum Gasteiger partial charge on any atom is -0.448 e. The van der Waals surface area contributed by atoms with Crippen molar-refractivity contribution >= 4 is 11.9 Å². The van der Waals surface area contributed by atoms with Gasteiger partial charge in [-0.1, -0.05) is 54.1 Å². The van der Waals surface area contributed by atoms with Crippen LogP contribution in [0.3, 0.4) is 0 Å². The molecule has 2 heterocycles. The van der Waals surface area contributed by atoms with Gasteiger partial charge in [-0.05, 0) is 36.2 Å². The number of aryl methyl sites for hydroxylation is 1. The summed E-state index contributed by atoms with van der Waals surface area (Å²) < 4.78 is 7.23. The Morgan fingerprint density at radius 2 is 1.82 bits per heavy atom. The van der Waals surface area contributed by atoms with Gasteiger partial charge < -0.3 is 9.30 Å². The molecular weight excluding hydrogens is 352 g/mol. The fourth-order valence-corrected chi connectivity index (χ4v) is 3.25. The maximum Gasteiger partial charge on any atom is 0.339 e. The highest BCUT2D eigenvalue weighted by Gasteiger charge is 2.30. The SMILES string of the molecule is Cc1ccc(Cn2ccccc2=NC(=O)[C@@H]2Cc3ccccc3C(=O)O2)cc1. The van der Waals surface area contributed by atoms with Gasteiger partial charge >= 0.3 is 5.97 Å². The molecule has 1 amide bonds. The van der Waals surface area contributed by atoms with Crippen LogP contribution in [0.15, 0.2) is 77.9 Å². The van der Waals surface area contributed by atoms with Gasteiger partial charge in [-0.25, -0.2) is 4.79 Å². The van der Waals surface area contributed by atoms with Crippen LogP contribution in [0.1, 0.15) is 27.0 Å². The largest absolute Gasteiger partial charge is 0.448 e. The van der Waals surface area contributed by atoms with E-state index < -0.39 is 18.0 Å². The molecule has 0 radical (unpaired) electrons. The van der Waals surface area contributed by atoms with Gasteiger partial charge in [-0.3, -0.25) is 4.79 Å². The number of fused-ring (bicyclic) bond motifs is 1. The van der Waals surface area contributed by atoms with Crippen molar-refractivity contribution < 1.29 is 14.3 Å². The lowest BCUT2D eigenvalue weighted by Crippen LogP contribution is -2.35. The van der Waals surface area contributed by atoms with Crippen LogP contribution in [0.5, 0.6) is 0 Å². The van der Waals surface area contributed by atoms with Crippen molar-refractivity contribution in [3.8, 4) is 0 Å². The predicted molar refractivity (Wildman–Crippen MR) is 105 cm³/mol. The van der Waals surface area contributed by atoms with Gasteiger partial charge in [0.25, 0.3) is 5.91 Å². The number of pyridine rings is 1. The first-order valence-corrected chi connectivity index (χ1v) is 9.18. The van der Waals surface area contributed by atoms with E-state index in [0.29, 0.717) is 24.0 Å². The lowest BCUT2D eigenvalue weighted by Gasteiger charge is -2.22. The zero-order valence-corrected chi connectivity index (χ0v) is 15.5. The summed E-state index contributed by atoms with van der Waals surface area (Å²) in [4.78, 5) is 29.1. The van der Waals surface area contributed by atoms with Gasteiger partial charge in [-0.2, -0.15) is 4.99 Å². The van der Waals surface area contributed by atoms with Gasteiger partial charge in [0.2, 0.25) is 0 Å². The van der Waals surface area contributed by atoms with Crippen molar-refractivity contribution in [1.82, 2.24) is 4.57 Å². The van der Waals surface area contributed by atoms with Crippen molar-refractivity contribution in [3.63, 3.8) is 0 Å². The molecule has 0 N–H and O–H groups in total. The third kappa shape index (κ3) is 3.78. The highest BCUT2D eigenvalue weighted by atomic mass is 16.5. The van der Waals surface area contributed by atoms with Gasteiger partial charge in [0.15, 0.2) is 6.10 Å². The molecule has 0 saturated carbocycles. The van der Waals surface area contributed by atoms with Crippen molar-refractivity contribution in [3.05, 3.63) is 101 Å². The van der Waals surface area contributed by atoms with E-state index >= 15 is 0 Å². The van der Waals surface area contributed by atoms with Crippen molar-refractivity contribution in [2.75, 3.05) is 0 Å². The minimum atomic E-state index is -0.893. The summed E-state index contributed by atoms with van der Waals surface area (Å²) in [5, 5.41) is 0. The lowest BCUT2D eigenvalue weighted by molar-refractivity contribution is -0.127. The van der Waals surface area contributed by atoms with Crippen LogP contribution >= 0.6 is 0 Å². The Morgan fingerprint density at radius 3 is 2.64 bits per heavy atom. The Kier molecular flexibility index (Phi) is 4.89. The number of ether oxygens (including phenoxy) is 1. The van der Waals surface area contributed by atoms with Crippen LogP contribution < -0.4 is 5.49 Å². The second-order valence-electron chi connectivity index (χ2n) is 6.88. The smallest absolute Gasteiger partial charge is 0.339 e. The molecule has 0 fully saturated rings. The number of nitrogens with zero attached hydrogens (tertiary/aromatic N) is 2. The Balaban J connectivity index is 1.60. The lowest BCUT2D eigenvalue weighted by atomic mass is 9.98. The number of aromatic nitrogens is 1. The average molecular weight is 372 g/mol. The molecule has 4 rings (SSSR count). The Morgan fingerprint density at radius 1 is 1.07 bits per heavy atom. The Bertz CT molecular complexity index is 1100. The number of benzene rings is 2. The van der Waals surface area contributed by atoms with E-state index in [0.717, 1.165) is 11.1 Å². The van der Waals surface area contributed by atoms with E-state index in [4.69, 9.17) is 4.74 Å². The summed E-state index contributed by atoms with van der Waals surface area (Å²) in [5.41, 5.74) is 4.17. The molecular formula is C23H20N2O3. The van der Waals surface area contributed by atoms with Crippen LogP contribution in [0.4, 0.5) is 0 Å². The maximum atomic E-state index is 12.7. The van der Waals surface area contributed by atoms with Gasteiger partial charge in [0, 0.05) is 19.2 Å². The molecule has 1 aromatic heterocycles. The normalized spacial score (nSPS) is 16.4. The molecule has 28 heavy (non-hydrogen) atoms. The minimum absolute atomic E-state index is 0.342. The van der Waals surface area contributed by atoms with Crippen LogP contribution in [0.2, 0.25) is 0 Å². The predicted octanol–water partition coefficient (Wildman–Crippen LogP) is 3.05. The summed E-state index contributed by atoms with van der Waals surface area (Å²) >= 11 is 0. The number of hydrogen-bond donors (Lipinski definition) is 0. The van der Waals surface area contributed by atoms with Crippen LogP contribution in [-0.4, -0.2) is 22.5 Å². The number of rotatable bonds is 3. The number of carbonyl (C=O) groups is 2. The van der Waals surface area contributed by atoms with Crippen molar-refractivity contribution in [2.24, 2.45) is 4.99 Å². The highest BCUT2D eigenvalue weighted by molar-refractivity contribution is 5.95. The molecule has 140 valence electrons. The van der Waals surface area contributed by atoms with Crippen LogP contribution in [-0.2, 0) is 22.5 Å². The van der Waals surface area contributed by atoms with Gasteiger partial charge in [0.05, 0.1) is 5.56 Å². The van der Waals surface area contributed by atoms with E-state index in [1.165, 1.54) is 5.56 Å². The molecule has 3 aromatic rings. The molecule has 0 unspecified atom stereocenters. The molecule has 1 atom stereocenters. The topological polar surface area (TPSA) is 60.7 Å². The van der Waals surface area contributed by atoms with E-state index in [9.17, 15) is 9.59 Å². The zero-order chi connectivity index (χ0) is 19.5. The third-order valence-electron chi connectivity index (χ3n) is 4.78. The number of hydrogen-bond acceptors (Lipinski definition) is 3. The number of carbonyl (C=O) groups excluding carboxylic acids is 2. The summed E-state index contributed by atoms with van der Waals surface area (Å²) in [6, 6.07) is 20.9. The summed E-state index contributed by atoms with van der Waals surface area (Å²) in [7, 11) is 0. The van der Waals surface area contributed by atoms with E-state index in [2.05, 4.69) is 29.3 Å². The van der Waals surface area contributed by atoms with E-state index in [1.807, 2.05) is 42.0 Å². The molecule has 1 aliphatic heterocycles. The first-order chi connectivity index (χ1) is 13.6. The monoisotopic (exact) mass is 372 g/mol. The summed E-state index contributed by atoms with van der Waals surface area (Å²) in [6.45, 7) is 2.64. The Hall–Kier alpha value is -3.47. The molecule has 0 saturated heterocycles. The van der Waals surface area contributed by atoms with E-state index in [1.54, 1.807) is 18.2 Å². The van der Waals surface area contributed by atoms with Crippen molar-refractivity contribution in [2.45, 2.75) is 26.0 Å². The molecule has 0 spiro atoms. The molecule has 0 aliphatic carbocycles. The fraction of sp³-hybridized carbons (Fsp3) is 0.174. The van der Waals surface area contributed by atoms with Crippen LogP contribution in [0.25, 0.3) is 0 Å². The third-order valence-corrected chi connectivity index (χ3v) is 4.78. The fourth-order valence-electron chi connectivity index (χ4n) is 3.25. The second-order valence-corrected chi connectivity index (χ2v) is 6.88. The first-order valence-electron chi connectivity index (χ1n) is 9.18. The number of esters is 1. The highest BCUT2D eigenvalue weighted by Crippen LogP contribution is 2.21. The number of amides is 1. The summed E-state index contributed by atoms with van der Waals surface area (Å²) in [5.74, 6) is -0.928. The van der Waals surface area contributed by atoms with Crippen LogP contribution in [0, 0.1) is 6.92 Å². The molecule has 0 bridgehead atoms. The summed E-state index contributed by atoms with van der Waals surface area (Å²) in [6.07, 6.45) is 1.33. The average Bonchev–Trinajstić information content (AvgIpc) is 2.71. The standard InChI is InChI=1S/C23H20N2O3/c1-16-9-11-17(12-10-16)15-25-13-5-4-8-21(25)24-22(26)20-14-18-6-2-3-7-19(18)23(27)28-20/h2-13,20H,14-15H2,1H3/t20-/m0/s1. The number of cyclic esters (lactones) is 1. The molecule has 5 heteroatoms. The Labute approximate surface area is 162 Å². The van der Waals surface area contributed by atoms with E-state index in [-0.39, 0.29) is 0 Å². The molecule has 5 nitrogen and oxygen atoms in total. The first kappa shape index (κ1) is 17.9. The maximum absolute atomic E-state index is 12.7.